The zero-order valence-electron chi connectivity index (χ0n) is 8.90. The average Bonchev–Trinajstić information content (AvgIpc) is 2.19. The summed E-state index contributed by atoms with van der Waals surface area (Å²) in [6.07, 6.45) is 0.904. The fraction of sp³-hybridized carbons (Fsp3) is 0.556. The number of aromatic nitrogens is 2. The maximum absolute atomic E-state index is 9.10. The summed E-state index contributed by atoms with van der Waals surface area (Å²) in [5.41, 5.74) is 6.12. The number of nitrogens with zero attached hydrogens (tertiary/aromatic N) is 2. The number of hydrogen-bond acceptors (Lipinski definition) is 6. The predicted molar refractivity (Wildman–Crippen MR) is 57.8 cm³/mol. The quantitative estimate of drug-likeness (QED) is 0.647. The number of rotatable bonds is 5. The zero-order valence-corrected chi connectivity index (χ0v) is 8.90. The number of nitrogens with one attached hydrogen (secondary N) is 1. The zero-order chi connectivity index (χ0) is 11.3. The molecule has 0 bridgehead atoms. The molecule has 15 heavy (non-hydrogen) atoms. The summed E-state index contributed by atoms with van der Waals surface area (Å²) in [5.74, 6) is 0.843. The molecule has 0 fully saturated rings. The van der Waals surface area contributed by atoms with E-state index in [1.54, 1.807) is 6.92 Å². The molecule has 84 valence electrons. The van der Waals surface area contributed by atoms with Crippen LogP contribution in [0.25, 0.3) is 0 Å². The molecule has 0 spiro atoms. The summed E-state index contributed by atoms with van der Waals surface area (Å²) >= 11 is 0. The molecule has 1 aromatic rings. The second-order valence-corrected chi connectivity index (χ2v) is 3.10. The van der Waals surface area contributed by atoms with Gasteiger partial charge in [0.05, 0.1) is 12.7 Å². The van der Waals surface area contributed by atoms with Crippen LogP contribution in [0.15, 0.2) is 6.33 Å². The molecule has 6 heteroatoms. The molecule has 1 unspecified atom stereocenters. The minimum atomic E-state index is -0.463. The molecule has 0 saturated heterocycles. The summed E-state index contributed by atoms with van der Waals surface area (Å²) in [4.78, 5) is 7.85. The molecule has 0 radical (unpaired) electrons. The van der Waals surface area contributed by atoms with Crippen LogP contribution in [0.4, 0.5) is 11.5 Å². The molecule has 0 aliphatic carbocycles. The van der Waals surface area contributed by atoms with Crippen LogP contribution in [0.3, 0.4) is 0 Å². The third-order valence-electron chi connectivity index (χ3n) is 1.69. The van der Waals surface area contributed by atoms with Gasteiger partial charge in [0, 0.05) is 6.54 Å². The topological polar surface area (TPSA) is 93.3 Å². The summed E-state index contributed by atoms with van der Waals surface area (Å²) in [7, 11) is 0. The van der Waals surface area contributed by atoms with Crippen molar-refractivity contribution in [2.75, 3.05) is 24.2 Å². The van der Waals surface area contributed by atoms with E-state index >= 15 is 0 Å². The molecule has 0 saturated carbocycles. The number of aliphatic hydroxyl groups is 1. The third kappa shape index (κ3) is 3.25. The maximum Gasteiger partial charge on any atom is 0.242 e. The fourth-order valence-electron chi connectivity index (χ4n) is 1.02. The number of hydrogen-bond donors (Lipinski definition) is 3. The largest absolute Gasteiger partial charge is 0.476 e. The van der Waals surface area contributed by atoms with E-state index in [4.69, 9.17) is 15.6 Å². The van der Waals surface area contributed by atoms with Crippen molar-refractivity contribution in [3.8, 4) is 5.88 Å². The Bertz CT molecular complexity index is 317. The first-order valence-corrected chi connectivity index (χ1v) is 4.80. The highest BCUT2D eigenvalue weighted by molar-refractivity contribution is 5.66. The first-order chi connectivity index (χ1) is 7.15. The van der Waals surface area contributed by atoms with Crippen LogP contribution in [-0.2, 0) is 0 Å². The standard InChI is InChI=1S/C9H16N4O2/c1-3-15-9-7(10)8(12-5-13-9)11-4-6(2)14/h5-6,14H,3-4,10H2,1-2H3,(H,11,12,13). The van der Waals surface area contributed by atoms with E-state index < -0.39 is 6.10 Å². The Morgan fingerprint density at radius 2 is 2.33 bits per heavy atom. The highest BCUT2D eigenvalue weighted by atomic mass is 16.5. The number of nitrogens with two attached hydrogens (primary N) is 1. The van der Waals surface area contributed by atoms with E-state index in [2.05, 4.69) is 15.3 Å². The molecular weight excluding hydrogens is 196 g/mol. The first-order valence-electron chi connectivity index (χ1n) is 4.80. The number of ether oxygens (including phenoxy) is 1. The Morgan fingerprint density at radius 3 is 2.93 bits per heavy atom. The SMILES string of the molecule is CCOc1ncnc(NCC(C)O)c1N. The molecule has 1 atom stereocenters. The molecule has 0 aliphatic heterocycles. The summed E-state index contributed by atoms with van der Waals surface area (Å²) in [6.45, 7) is 4.40. The van der Waals surface area contributed by atoms with E-state index in [-0.39, 0.29) is 0 Å². The molecule has 6 nitrogen and oxygen atoms in total. The fourth-order valence-corrected chi connectivity index (χ4v) is 1.02. The van der Waals surface area contributed by atoms with Crippen LogP contribution in [-0.4, -0.2) is 34.3 Å². The van der Waals surface area contributed by atoms with Crippen molar-refractivity contribution in [1.29, 1.82) is 0 Å². The van der Waals surface area contributed by atoms with E-state index in [1.165, 1.54) is 6.33 Å². The lowest BCUT2D eigenvalue weighted by molar-refractivity contribution is 0.208. The molecule has 1 heterocycles. The van der Waals surface area contributed by atoms with Gasteiger partial charge in [-0.05, 0) is 13.8 Å². The van der Waals surface area contributed by atoms with Crippen LogP contribution >= 0.6 is 0 Å². The highest BCUT2D eigenvalue weighted by Crippen LogP contribution is 2.24. The van der Waals surface area contributed by atoms with Gasteiger partial charge in [-0.15, -0.1) is 0 Å². The first kappa shape index (κ1) is 11.5. The number of aliphatic hydroxyl groups excluding tert-OH is 1. The Balaban J connectivity index is 2.75. The van der Waals surface area contributed by atoms with E-state index in [0.717, 1.165) is 0 Å². The van der Waals surface area contributed by atoms with Crippen molar-refractivity contribution in [1.82, 2.24) is 9.97 Å². The van der Waals surface area contributed by atoms with Gasteiger partial charge in [-0.3, -0.25) is 0 Å². The number of nitrogen functional groups attached to an aromatic ring is 1. The van der Waals surface area contributed by atoms with Crippen LogP contribution in [0.2, 0.25) is 0 Å². The number of anilines is 2. The Hall–Kier alpha value is -1.56. The van der Waals surface area contributed by atoms with Crippen molar-refractivity contribution in [2.45, 2.75) is 20.0 Å². The van der Waals surface area contributed by atoms with Gasteiger partial charge in [-0.2, -0.15) is 4.98 Å². The van der Waals surface area contributed by atoms with Gasteiger partial charge >= 0.3 is 0 Å². The summed E-state index contributed by atoms with van der Waals surface area (Å²) < 4.78 is 5.21. The van der Waals surface area contributed by atoms with Crippen LogP contribution in [0.5, 0.6) is 5.88 Å². The minimum Gasteiger partial charge on any atom is -0.476 e. The molecule has 0 aliphatic rings. The molecular formula is C9H16N4O2. The van der Waals surface area contributed by atoms with Crippen molar-refractivity contribution >= 4 is 11.5 Å². The van der Waals surface area contributed by atoms with Crippen molar-refractivity contribution in [3.05, 3.63) is 6.33 Å². The summed E-state index contributed by atoms with van der Waals surface area (Å²) in [5, 5.41) is 12.0. The van der Waals surface area contributed by atoms with Gasteiger partial charge in [0.1, 0.15) is 12.0 Å². The average molecular weight is 212 g/mol. The van der Waals surface area contributed by atoms with E-state index in [0.29, 0.717) is 30.5 Å². The van der Waals surface area contributed by atoms with Crippen molar-refractivity contribution in [3.63, 3.8) is 0 Å². The smallest absolute Gasteiger partial charge is 0.242 e. The molecule has 1 rings (SSSR count). The third-order valence-corrected chi connectivity index (χ3v) is 1.69. The minimum absolute atomic E-state index is 0.361. The second kappa shape index (κ2) is 5.35. The lowest BCUT2D eigenvalue weighted by atomic mass is 10.4. The van der Waals surface area contributed by atoms with Crippen LogP contribution in [0.1, 0.15) is 13.8 Å². The van der Waals surface area contributed by atoms with Crippen molar-refractivity contribution in [2.24, 2.45) is 0 Å². The lowest BCUT2D eigenvalue weighted by Crippen LogP contribution is -2.17. The second-order valence-electron chi connectivity index (χ2n) is 3.10. The maximum atomic E-state index is 9.10. The van der Waals surface area contributed by atoms with Crippen LogP contribution in [0, 0.1) is 0 Å². The summed E-state index contributed by atoms with van der Waals surface area (Å²) in [6, 6.07) is 0. The highest BCUT2D eigenvalue weighted by Gasteiger charge is 2.08. The Labute approximate surface area is 88.5 Å². The van der Waals surface area contributed by atoms with Gasteiger partial charge in [0.2, 0.25) is 5.88 Å². The molecule has 4 N–H and O–H groups in total. The lowest BCUT2D eigenvalue weighted by Gasteiger charge is -2.11. The van der Waals surface area contributed by atoms with Gasteiger partial charge < -0.3 is 20.9 Å². The normalized spacial score (nSPS) is 12.2. The van der Waals surface area contributed by atoms with E-state index in [1.807, 2.05) is 6.92 Å². The monoisotopic (exact) mass is 212 g/mol. The molecule has 1 aromatic heterocycles. The van der Waals surface area contributed by atoms with Gasteiger partial charge in [-0.1, -0.05) is 0 Å². The molecule has 0 amide bonds. The molecule has 0 aromatic carbocycles. The van der Waals surface area contributed by atoms with E-state index in [9.17, 15) is 0 Å². The predicted octanol–water partition coefficient (Wildman–Crippen LogP) is 0.250. The van der Waals surface area contributed by atoms with Crippen molar-refractivity contribution < 1.29 is 9.84 Å². The van der Waals surface area contributed by atoms with Gasteiger partial charge in [0.15, 0.2) is 5.82 Å². The Kier molecular flexibility index (Phi) is 4.11. The van der Waals surface area contributed by atoms with Crippen LogP contribution < -0.4 is 15.8 Å². The van der Waals surface area contributed by atoms with Gasteiger partial charge in [0.25, 0.3) is 0 Å². The Morgan fingerprint density at radius 1 is 1.60 bits per heavy atom. The van der Waals surface area contributed by atoms with Gasteiger partial charge in [-0.25, -0.2) is 4.98 Å².